The molecule has 0 atom stereocenters. The van der Waals surface area contributed by atoms with Gasteiger partial charge >= 0.3 is 5.97 Å². The summed E-state index contributed by atoms with van der Waals surface area (Å²) in [6.07, 6.45) is 0.833. The van der Waals surface area contributed by atoms with Crippen LogP contribution in [0.2, 0.25) is 0 Å². The lowest BCUT2D eigenvalue weighted by Crippen LogP contribution is -1.82. The first-order valence-corrected chi connectivity index (χ1v) is 5.93. The summed E-state index contributed by atoms with van der Waals surface area (Å²) in [4.78, 5) is 9.25. The van der Waals surface area contributed by atoms with E-state index in [1.165, 1.54) is 21.5 Å². The molecule has 3 heteroatoms. The lowest BCUT2D eigenvalue weighted by Gasteiger charge is -2.00. The molecule has 3 rings (SSSR count). The maximum Gasteiger partial charge on any atom is 0.327 e. The molecule has 0 heterocycles. The van der Waals surface area contributed by atoms with Crippen molar-refractivity contribution in [1.82, 2.24) is 0 Å². The van der Waals surface area contributed by atoms with E-state index >= 15 is 0 Å². The van der Waals surface area contributed by atoms with Gasteiger partial charge in [-0.3, -0.25) is 0 Å². The van der Waals surface area contributed by atoms with Gasteiger partial charge in [-0.25, -0.2) is 4.79 Å². The molecule has 0 radical (unpaired) electrons. The first kappa shape index (κ1) is 15.4. The highest BCUT2D eigenvalue weighted by Gasteiger charge is 1.95. The van der Waals surface area contributed by atoms with Crippen LogP contribution in [0.3, 0.4) is 0 Å². The van der Waals surface area contributed by atoms with E-state index in [1.807, 2.05) is 0 Å². The topological polar surface area (TPSA) is 68.8 Å². The van der Waals surface area contributed by atoms with E-state index in [9.17, 15) is 4.79 Å². The molecule has 3 aromatic rings. The van der Waals surface area contributed by atoms with Crippen LogP contribution in [0.1, 0.15) is 0 Å². The van der Waals surface area contributed by atoms with Gasteiger partial charge in [0.05, 0.1) is 0 Å². The first-order valence-electron chi connectivity index (χ1n) is 5.93. The molecule has 0 bridgehead atoms. The van der Waals surface area contributed by atoms with Crippen LogP contribution in [0.15, 0.2) is 73.3 Å². The Balaban J connectivity index is 0.000000293. The Morgan fingerprint density at radius 1 is 0.850 bits per heavy atom. The smallest absolute Gasteiger partial charge is 0.327 e. The maximum absolute atomic E-state index is 9.25. The molecule has 3 aromatic carbocycles. The molecule has 0 saturated heterocycles. The number of carbonyl (C=O) groups is 1. The highest BCUT2D eigenvalue weighted by atomic mass is 16.4. The molecule has 3 N–H and O–H groups in total. The van der Waals surface area contributed by atoms with Crippen LogP contribution in [-0.2, 0) is 4.79 Å². The minimum atomic E-state index is -0.981. The van der Waals surface area contributed by atoms with Gasteiger partial charge in [0.2, 0.25) is 0 Å². The van der Waals surface area contributed by atoms with Crippen molar-refractivity contribution >= 4 is 27.5 Å². The number of carboxylic acid groups (broad SMARTS) is 1. The summed E-state index contributed by atoms with van der Waals surface area (Å²) in [5, 5.41) is 12.8. The third-order valence-electron chi connectivity index (χ3n) is 2.79. The molecule has 0 aliphatic carbocycles. The van der Waals surface area contributed by atoms with Crippen molar-refractivity contribution in [1.29, 1.82) is 0 Å². The second-order valence-electron chi connectivity index (χ2n) is 4.09. The predicted octanol–water partition coefficient (Wildman–Crippen LogP) is 3.43. The SMILES string of the molecule is C=CC(=O)O.O.c1ccc2cc3ccccc3cc2c1. The van der Waals surface area contributed by atoms with Gasteiger partial charge in [-0.2, -0.15) is 0 Å². The Hall–Kier alpha value is -2.65. The van der Waals surface area contributed by atoms with Crippen molar-refractivity contribution in [3.05, 3.63) is 73.3 Å². The molecule has 0 unspecified atom stereocenters. The fraction of sp³-hybridized carbons (Fsp3) is 0. The van der Waals surface area contributed by atoms with Crippen LogP contribution >= 0.6 is 0 Å². The molecule has 3 nitrogen and oxygen atoms in total. The Morgan fingerprint density at radius 3 is 1.30 bits per heavy atom. The van der Waals surface area contributed by atoms with Crippen LogP contribution in [0.5, 0.6) is 0 Å². The molecule has 0 aromatic heterocycles. The summed E-state index contributed by atoms with van der Waals surface area (Å²) >= 11 is 0. The van der Waals surface area contributed by atoms with E-state index in [4.69, 9.17) is 5.11 Å². The van der Waals surface area contributed by atoms with Gasteiger partial charge in [0.1, 0.15) is 0 Å². The van der Waals surface area contributed by atoms with Gasteiger partial charge in [-0.15, -0.1) is 0 Å². The fourth-order valence-corrected chi connectivity index (χ4v) is 1.88. The van der Waals surface area contributed by atoms with Crippen LogP contribution in [0.4, 0.5) is 0 Å². The number of carboxylic acids is 1. The summed E-state index contributed by atoms with van der Waals surface area (Å²) < 4.78 is 0. The molecule has 0 aliphatic rings. The van der Waals surface area contributed by atoms with Gasteiger partial charge in [0.25, 0.3) is 0 Å². The van der Waals surface area contributed by atoms with Gasteiger partial charge in [-0.05, 0) is 33.7 Å². The van der Waals surface area contributed by atoms with E-state index in [0.29, 0.717) is 0 Å². The average molecular weight is 268 g/mol. The van der Waals surface area contributed by atoms with Crippen molar-refractivity contribution in [2.75, 3.05) is 0 Å². The quantitative estimate of drug-likeness (QED) is 0.542. The van der Waals surface area contributed by atoms with E-state index < -0.39 is 5.97 Å². The van der Waals surface area contributed by atoms with Crippen LogP contribution in [0, 0.1) is 0 Å². The van der Waals surface area contributed by atoms with E-state index in [2.05, 4.69) is 67.2 Å². The highest BCUT2D eigenvalue weighted by molar-refractivity contribution is 5.98. The zero-order chi connectivity index (χ0) is 13.7. The number of hydrogen-bond acceptors (Lipinski definition) is 1. The predicted molar refractivity (Wildman–Crippen MR) is 82.9 cm³/mol. The van der Waals surface area contributed by atoms with E-state index in [0.717, 1.165) is 6.08 Å². The zero-order valence-electron chi connectivity index (χ0n) is 10.9. The Labute approximate surface area is 117 Å². The molecule has 102 valence electrons. The number of benzene rings is 3. The Kier molecular flexibility index (Phi) is 5.44. The van der Waals surface area contributed by atoms with Gasteiger partial charge in [0, 0.05) is 6.08 Å². The van der Waals surface area contributed by atoms with Crippen LogP contribution in [0.25, 0.3) is 21.5 Å². The molecule has 20 heavy (non-hydrogen) atoms. The summed E-state index contributed by atoms with van der Waals surface area (Å²) in [6, 6.07) is 21.4. The number of rotatable bonds is 1. The van der Waals surface area contributed by atoms with Crippen LogP contribution in [-0.4, -0.2) is 16.6 Å². The monoisotopic (exact) mass is 268 g/mol. The third-order valence-corrected chi connectivity index (χ3v) is 2.79. The van der Waals surface area contributed by atoms with Crippen LogP contribution < -0.4 is 0 Å². The molecule has 0 spiro atoms. The lowest BCUT2D eigenvalue weighted by molar-refractivity contribution is -0.131. The van der Waals surface area contributed by atoms with Gasteiger partial charge in [-0.1, -0.05) is 55.1 Å². The molecule has 0 amide bonds. The number of fused-ring (bicyclic) bond motifs is 2. The second-order valence-corrected chi connectivity index (χ2v) is 4.09. The van der Waals surface area contributed by atoms with E-state index in [1.54, 1.807) is 0 Å². The molecular formula is C17H16O3. The summed E-state index contributed by atoms with van der Waals surface area (Å²) in [6.45, 7) is 2.96. The second kappa shape index (κ2) is 7.07. The van der Waals surface area contributed by atoms with Gasteiger partial charge < -0.3 is 10.6 Å². The summed E-state index contributed by atoms with van der Waals surface area (Å²) in [5.74, 6) is -0.981. The van der Waals surface area contributed by atoms with Crippen molar-refractivity contribution in [2.45, 2.75) is 0 Å². The zero-order valence-corrected chi connectivity index (χ0v) is 10.9. The fourth-order valence-electron chi connectivity index (χ4n) is 1.88. The van der Waals surface area contributed by atoms with Crippen molar-refractivity contribution in [2.24, 2.45) is 0 Å². The van der Waals surface area contributed by atoms with Gasteiger partial charge in [0.15, 0.2) is 0 Å². The normalized spacial score (nSPS) is 9.20. The van der Waals surface area contributed by atoms with Crippen molar-refractivity contribution < 1.29 is 15.4 Å². The number of hydrogen-bond donors (Lipinski definition) is 1. The maximum atomic E-state index is 9.25. The average Bonchev–Trinajstić information content (AvgIpc) is 2.45. The largest absolute Gasteiger partial charge is 0.478 e. The van der Waals surface area contributed by atoms with Crippen molar-refractivity contribution in [3.63, 3.8) is 0 Å². The summed E-state index contributed by atoms with van der Waals surface area (Å²) in [5.41, 5.74) is 0. The first-order chi connectivity index (χ1) is 9.20. The molecule has 0 fully saturated rings. The highest BCUT2D eigenvalue weighted by Crippen LogP contribution is 2.21. The van der Waals surface area contributed by atoms with E-state index in [-0.39, 0.29) is 5.48 Å². The Bertz CT molecular complexity index is 627. The molecule has 0 aliphatic heterocycles. The minimum Gasteiger partial charge on any atom is -0.478 e. The Morgan fingerprint density at radius 2 is 1.10 bits per heavy atom. The van der Waals surface area contributed by atoms with Crippen molar-refractivity contribution in [3.8, 4) is 0 Å². The molecular weight excluding hydrogens is 252 g/mol. The lowest BCUT2D eigenvalue weighted by atomic mass is 10.0. The standard InChI is InChI=1S/C14H10.C3H4O2.H2O/c1-2-6-12-10-14-8-4-3-7-13(14)9-11(12)5-1;1-2-3(4)5;/h1-10H;2H,1H2,(H,4,5);1H2. The summed E-state index contributed by atoms with van der Waals surface area (Å²) in [7, 11) is 0. The minimum absolute atomic E-state index is 0. The molecule has 0 saturated carbocycles. The third kappa shape index (κ3) is 3.67. The number of aliphatic carboxylic acids is 1.